The van der Waals surface area contributed by atoms with Crippen molar-refractivity contribution in [2.75, 3.05) is 37.3 Å². The van der Waals surface area contributed by atoms with Crippen molar-refractivity contribution in [3.63, 3.8) is 0 Å². The highest BCUT2D eigenvalue weighted by atomic mass is 15.1. The monoisotopic (exact) mass is 237 g/mol. The number of nitrogens with zero attached hydrogens (tertiary/aromatic N) is 2. The average Bonchev–Trinajstić information content (AvgIpc) is 2.36. The Bertz CT molecular complexity index is 303. The average molecular weight is 237 g/mol. The van der Waals surface area contributed by atoms with Crippen molar-refractivity contribution in [1.82, 2.24) is 15.3 Å². The van der Waals surface area contributed by atoms with Gasteiger partial charge in [0.25, 0.3) is 0 Å². The van der Waals surface area contributed by atoms with Crippen molar-refractivity contribution in [2.45, 2.75) is 26.2 Å². The Morgan fingerprint density at radius 2 is 1.65 bits per heavy atom. The molecule has 5 heteroatoms. The van der Waals surface area contributed by atoms with E-state index in [1.165, 1.54) is 6.42 Å². The summed E-state index contributed by atoms with van der Waals surface area (Å²) in [6.45, 7) is 5.08. The van der Waals surface area contributed by atoms with Crippen LogP contribution in [0.4, 0.5) is 11.6 Å². The van der Waals surface area contributed by atoms with Crippen LogP contribution in [-0.2, 0) is 0 Å². The fraction of sp³-hybridized carbons (Fsp3) is 0.667. The lowest BCUT2D eigenvalue weighted by Crippen LogP contribution is -2.13. The van der Waals surface area contributed by atoms with Crippen LogP contribution in [0.1, 0.15) is 26.2 Å². The van der Waals surface area contributed by atoms with E-state index in [0.29, 0.717) is 0 Å². The first kappa shape index (κ1) is 13.7. The van der Waals surface area contributed by atoms with Crippen LogP contribution in [0.25, 0.3) is 0 Å². The molecule has 3 N–H and O–H groups in total. The molecule has 1 rings (SSSR count). The van der Waals surface area contributed by atoms with E-state index in [1.54, 1.807) is 6.33 Å². The highest BCUT2D eigenvalue weighted by molar-refractivity contribution is 5.46. The number of hydrogen-bond acceptors (Lipinski definition) is 5. The molecule has 17 heavy (non-hydrogen) atoms. The zero-order valence-electron chi connectivity index (χ0n) is 10.8. The quantitative estimate of drug-likeness (QED) is 0.571. The number of aromatic nitrogens is 2. The summed E-state index contributed by atoms with van der Waals surface area (Å²) in [4.78, 5) is 8.36. The van der Waals surface area contributed by atoms with Gasteiger partial charge in [-0.05, 0) is 26.4 Å². The molecular formula is C12H23N5. The van der Waals surface area contributed by atoms with Gasteiger partial charge in [-0.15, -0.1) is 0 Å². The summed E-state index contributed by atoms with van der Waals surface area (Å²) in [6.07, 6.45) is 5.02. The van der Waals surface area contributed by atoms with E-state index in [2.05, 4.69) is 32.8 Å². The van der Waals surface area contributed by atoms with E-state index in [1.807, 2.05) is 13.1 Å². The second-order valence-electron chi connectivity index (χ2n) is 3.95. The molecule has 96 valence electrons. The predicted molar refractivity (Wildman–Crippen MR) is 72.5 cm³/mol. The van der Waals surface area contributed by atoms with Gasteiger partial charge in [0.05, 0.1) is 0 Å². The van der Waals surface area contributed by atoms with Gasteiger partial charge in [-0.1, -0.05) is 13.3 Å². The maximum absolute atomic E-state index is 4.18. The molecule has 0 spiro atoms. The highest BCUT2D eigenvalue weighted by Crippen LogP contribution is 2.08. The van der Waals surface area contributed by atoms with Gasteiger partial charge >= 0.3 is 0 Å². The minimum atomic E-state index is 0.884. The summed E-state index contributed by atoms with van der Waals surface area (Å²) >= 11 is 0. The Hall–Kier alpha value is -1.36. The first-order valence-corrected chi connectivity index (χ1v) is 6.31. The van der Waals surface area contributed by atoms with Crippen LogP contribution in [0.5, 0.6) is 0 Å². The number of unbranched alkanes of at least 4 members (excludes halogenated alkanes) is 1. The molecule has 0 radical (unpaired) electrons. The molecule has 0 unspecified atom stereocenters. The number of hydrogen-bond donors (Lipinski definition) is 3. The Morgan fingerprint density at radius 3 is 2.24 bits per heavy atom. The molecule has 0 saturated heterocycles. The molecular weight excluding hydrogens is 214 g/mol. The normalized spacial score (nSPS) is 10.2. The maximum Gasteiger partial charge on any atom is 0.131 e. The van der Waals surface area contributed by atoms with Crippen LogP contribution >= 0.6 is 0 Å². The van der Waals surface area contributed by atoms with Crippen LogP contribution in [0, 0.1) is 0 Å². The van der Waals surface area contributed by atoms with Gasteiger partial charge in [0.2, 0.25) is 0 Å². The fourth-order valence-corrected chi connectivity index (χ4v) is 1.43. The molecule has 0 aromatic carbocycles. The molecule has 0 aliphatic carbocycles. The van der Waals surface area contributed by atoms with Gasteiger partial charge in [0.15, 0.2) is 0 Å². The van der Waals surface area contributed by atoms with Crippen LogP contribution in [0.15, 0.2) is 12.4 Å². The topological polar surface area (TPSA) is 61.9 Å². The van der Waals surface area contributed by atoms with E-state index < -0.39 is 0 Å². The van der Waals surface area contributed by atoms with E-state index in [4.69, 9.17) is 0 Å². The molecule has 0 saturated carbocycles. The van der Waals surface area contributed by atoms with Crippen LogP contribution in [0.2, 0.25) is 0 Å². The van der Waals surface area contributed by atoms with Gasteiger partial charge in [-0.25, -0.2) is 9.97 Å². The van der Waals surface area contributed by atoms with Gasteiger partial charge in [-0.2, -0.15) is 0 Å². The van der Waals surface area contributed by atoms with Crippen LogP contribution in [0.3, 0.4) is 0 Å². The molecule has 5 nitrogen and oxygen atoms in total. The zero-order chi connectivity index (χ0) is 12.3. The SMILES string of the molecule is CCCCNc1cc(NCCCNC)ncn1. The lowest BCUT2D eigenvalue weighted by atomic mass is 10.3. The second kappa shape index (κ2) is 8.75. The molecule has 1 aromatic heterocycles. The molecule has 1 aromatic rings. The standard InChI is InChI=1S/C12H23N5/c1-3-4-7-14-11-9-12(17-10-16-11)15-8-5-6-13-2/h9-10,13H,3-8H2,1-2H3,(H2,14,15,16,17). The molecule has 0 aliphatic heterocycles. The van der Waals surface area contributed by atoms with Crippen molar-refractivity contribution >= 4 is 11.6 Å². The largest absolute Gasteiger partial charge is 0.370 e. The predicted octanol–water partition coefficient (Wildman–Crippen LogP) is 1.71. The minimum absolute atomic E-state index is 0.884. The third kappa shape index (κ3) is 6.06. The maximum atomic E-state index is 4.18. The smallest absolute Gasteiger partial charge is 0.131 e. The Labute approximate surface area is 103 Å². The molecule has 0 fully saturated rings. The van der Waals surface area contributed by atoms with Gasteiger partial charge in [0, 0.05) is 19.2 Å². The molecule has 0 bridgehead atoms. The summed E-state index contributed by atoms with van der Waals surface area (Å²) < 4.78 is 0. The Morgan fingerprint density at radius 1 is 1.00 bits per heavy atom. The lowest BCUT2D eigenvalue weighted by molar-refractivity contribution is 0.746. The molecule has 0 atom stereocenters. The molecule has 0 aliphatic rings. The third-order valence-corrected chi connectivity index (χ3v) is 2.41. The van der Waals surface area contributed by atoms with Crippen LogP contribution < -0.4 is 16.0 Å². The first-order chi connectivity index (χ1) is 8.36. The minimum Gasteiger partial charge on any atom is -0.370 e. The van der Waals surface area contributed by atoms with E-state index in [-0.39, 0.29) is 0 Å². The second-order valence-corrected chi connectivity index (χ2v) is 3.95. The van der Waals surface area contributed by atoms with Crippen LogP contribution in [-0.4, -0.2) is 36.6 Å². The fourth-order valence-electron chi connectivity index (χ4n) is 1.43. The van der Waals surface area contributed by atoms with Crippen molar-refractivity contribution in [3.8, 4) is 0 Å². The number of anilines is 2. The van der Waals surface area contributed by atoms with Gasteiger partial charge in [-0.3, -0.25) is 0 Å². The van der Waals surface area contributed by atoms with Crippen molar-refractivity contribution in [3.05, 3.63) is 12.4 Å². The summed E-state index contributed by atoms with van der Waals surface area (Å²) in [5.41, 5.74) is 0. The highest BCUT2D eigenvalue weighted by Gasteiger charge is 1.97. The van der Waals surface area contributed by atoms with E-state index >= 15 is 0 Å². The Kier molecular flexibility index (Phi) is 7.06. The van der Waals surface area contributed by atoms with E-state index in [9.17, 15) is 0 Å². The first-order valence-electron chi connectivity index (χ1n) is 6.31. The number of nitrogens with one attached hydrogen (secondary N) is 3. The van der Waals surface area contributed by atoms with Gasteiger partial charge < -0.3 is 16.0 Å². The summed E-state index contributed by atoms with van der Waals surface area (Å²) in [5, 5.41) is 9.68. The number of rotatable bonds is 9. The third-order valence-electron chi connectivity index (χ3n) is 2.41. The van der Waals surface area contributed by atoms with E-state index in [0.717, 1.165) is 44.1 Å². The van der Waals surface area contributed by atoms with Crippen molar-refractivity contribution in [2.24, 2.45) is 0 Å². The zero-order valence-corrected chi connectivity index (χ0v) is 10.8. The lowest BCUT2D eigenvalue weighted by Gasteiger charge is -2.08. The molecule has 0 amide bonds. The molecule has 1 heterocycles. The van der Waals surface area contributed by atoms with Crippen molar-refractivity contribution < 1.29 is 0 Å². The van der Waals surface area contributed by atoms with Crippen molar-refractivity contribution in [1.29, 1.82) is 0 Å². The Balaban J connectivity index is 2.31. The van der Waals surface area contributed by atoms with Gasteiger partial charge in [0.1, 0.15) is 18.0 Å². The summed E-state index contributed by atoms with van der Waals surface area (Å²) in [6, 6.07) is 1.95. The summed E-state index contributed by atoms with van der Waals surface area (Å²) in [7, 11) is 1.96. The summed E-state index contributed by atoms with van der Waals surface area (Å²) in [5.74, 6) is 1.78.